The number of nitrogens with zero attached hydrogens (tertiary/aromatic N) is 1. The fourth-order valence-corrected chi connectivity index (χ4v) is 3.80. The van der Waals surface area contributed by atoms with Gasteiger partial charge in [-0.25, -0.2) is 8.42 Å². The van der Waals surface area contributed by atoms with Crippen molar-refractivity contribution in [3.8, 4) is 0 Å². The van der Waals surface area contributed by atoms with Crippen LogP contribution in [-0.2, 0) is 10.0 Å². The minimum absolute atomic E-state index is 0.0448. The molecule has 0 spiro atoms. The number of hydrogen-bond donors (Lipinski definition) is 1. The molecular weight excluding hydrogens is 238 g/mol. The number of hydrogen-bond acceptors (Lipinski definition) is 3. The van der Waals surface area contributed by atoms with Gasteiger partial charge in [0.15, 0.2) is 0 Å². The molecule has 3 unspecified atom stereocenters. The highest BCUT2D eigenvalue weighted by Crippen LogP contribution is 2.37. The van der Waals surface area contributed by atoms with Crippen molar-refractivity contribution in [1.29, 1.82) is 0 Å². The van der Waals surface area contributed by atoms with Crippen molar-refractivity contribution in [2.45, 2.75) is 31.1 Å². The summed E-state index contributed by atoms with van der Waals surface area (Å²) >= 11 is 0. The van der Waals surface area contributed by atoms with Crippen molar-refractivity contribution in [1.82, 2.24) is 4.31 Å². The molecule has 0 bridgehead atoms. The molecule has 2 fully saturated rings. The third kappa shape index (κ3) is 1.96. The normalized spacial score (nSPS) is 36.6. The van der Waals surface area contributed by atoms with Gasteiger partial charge in [-0.3, -0.25) is 0 Å². The molecule has 2 N–H and O–H groups in total. The molecule has 94 valence electrons. The highest BCUT2D eigenvalue weighted by Gasteiger charge is 2.45. The first-order valence-corrected chi connectivity index (χ1v) is 6.96. The van der Waals surface area contributed by atoms with E-state index in [0.717, 1.165) is 23.6 Å². The molecule has 0 aromatic heterocycles. The standard InChI is InChI=1S/C9H16F2N2O2S/c10-9(11)16(14,15)13-4-6-2-1-3-8(12)7(6)5-13/h6-9H,1-5,12H2. The van der Waals surface area contributed by atoms with E-state index in [2.05, 4.69) is 0 Å². The van der Waals surface area contributed by atoms with Crippen LogP contribution in [0.2, 0.25) is 0 Å². The van der Waals surface area contributed by atoms with Gasteiger partial charge in [0.2, 0.25) is 0 Å². The van der Waals surface area contributed by atoms with Crippen LogP contribution in [0.3, 0.4) is 0 Å². The number of rotatable bonds is 2. The van der Waals surface area contributed by atoms with E-state index in [1.165, 1.54) is 0 Å². The topological polar surface area (TPSA) is 63.4 Å². The Hall–Kier alpha value is -0.270. The second kappa shape index (κ2) is 4.19. The molecule has 1 aliphatic carbocycles. The Morgan fingerprint density at radius 1 is 1.25 bits per heavy atom. The number of halogens is 2. The first kappa shape index (κ1) is 12.2. The van der Waals surface area contributed by atoms with E-state index in [1.54, 1.807) is 0 Å². The zero-order chi connectivity index (χ0) is 11.9. The van der Waals surface area contributed by atoms with E-state index in [9.17, 15) is 17.2 Å². The molecule has 7 heteroatoms. The predicted octanol–water partition coefficient (Wildman–Crippen LogP) is 0.598. The maximum Gasteiger partial charge on any atom is 0.350 e. The Bertz CT molecular complexity index is 361. The zero-order valence-electron chi connectivity index (χ0n) is 8.85. The molecule has 2 rings (SSSR count). The molecule has 2 aliphatic rings. The van der Waals surface area contributed by atoms with E-state index in [1.807, 2.05) is 0 Å². The molecule has 4 nitrogen and oxygen atoms in total. The van der Waals surface area contributed by atoms with Crippen LogP contribution in [0.25, 0.3) is 0 Å². The summed E-state index contributed by atoms with van der Waals surface area (Å²) in [5.74, 6) is -3.09. The third-order valence-corrected chi connectivity index (χ3v) is 5.17. The smallest absolute Gasteiger partial charge is 0.327 e. The minimum Gasteiger partial charge on any atom is -0.327 e. The molecule has 1 saturated heterocycles. The minimum atomic E-state index is -4.41. The fraction of sp³-hybridized carbons (Fsp3) is 1.00. The van der Waals surface area contributed by atoms with Gasteiger partial charge < -0.3 is 5.73 Å². The van der Waals surface area contributed by atoms with E-state index < -0.39 is 15.8 Å². The number of nitrogens with two attached hydrogens (primary N) is 1. The molecule has 1 heterocycles. The summed E-state index contributed by atoms with van der Waals surface area (Å²) in [4.78, 5) is 0. The van der Waals surface area contributed by atoms with Gasteiger partial charge in [0.25, 0.3) is 10.0 Å². The molecule has 3 atom stereocenters. The van der Waals surface area contributed by atoms with Gasteiger partial charge in [-0.2, -0.15) is 13.1 Å². The number of fused-ring (bicyclic) bond motifs is 1. The summed E-state index contributed by atoms with van der Waals surface area (Å²) in [5.41, 5.74) is 5.89. The van der Waals surface area contributed by atoms with Crippen LogP contribution in [-0.4, -0.2) is 37.6 Å². The summed E-state index contributed by atoms with van der Waals surface area (Å²) in [6.07, 6.45) is 2.72. The van der Waals surface area contributed by atoms with Gasteiger partial charge >= 0.3 is 5.76 Å². The van der Waals surface area contributed by atoms with Gasteiger partial charge in [-0.05, 0) is 24.7 Å². The summed E-state index contributed by atoms with van der Waals surface area (Å²) in [6, 6.07) is -0.0448. The van der Waals surface area contributed by atoms with E-state index in [4.69, 9.17) is 5.73 Å². The van der Waals surface area contributed by atoms with E-state index >= 15 is 0 Å². The summed E-state index contributed by atoms with van der Waals surface area (Å²) in [5, 5.41) is 0. The summed E-state index contributed by atoms with van der Waals surface area (Å²) in [7, 11) is -4.41. The van der Waals surface area contributed by atoms with Crippen molar-refractivity contribution in [2.24, 2.45) is 17.6 Å². The average molecular weight is 254 g/mol. The molecular formula is C9H16F2N2O2S. The van der Waals surface area contributed by atoms with Crippen LogP contribution >= 0.6 is 0 Å². The van der Waals surface area contributed by atoms with Crippen LogP contribution in [0.4, 0.5) is 8.78 Å². The predicted molar refractivity (Wildman–Crippen MR) is 55.3 cm³/mol. The first-order chi connectivity index (χ1) is 7.43. The van der Waals surface area contributed by atoms with Crippen LogP contribution in [0.15, 0.2) is 0 Å². The fourth-order valence-electron chi connectivity index (χ4n) is 2.80. The Morgan fingerprint density at radius 3 is 2.50 bits per heavy atom. The van der Waals surface area contributed by atoms with Gasteiger partial charge in [0.1, 0.15) is 0 Å². The maximum atomic E-state index is 12.4. The lowest BCUT2D eigenvalue weighted by molar-refractivity contribution is 0.221. The van der Waals surface area contributed by atoms with Crippen molar-refractivity contribution >= 4 is 10.0 Å². The van der Waals surface area contributed by atoms with Gasteiger partial charge in [-0.15, -0.1) is 0 Å². The number of alkyl halides is 2. The molecule has 0 amide bonds. The van der Waals surface area contributed by atoms with Crippen LogP contribution in [0.5, 0.6) is 0 Å². The molecule has 0 aromatic carbocycles. The molecule has 0 radical (unpaired) electrons. The second-order valence-electron chi connectivity index (χ2n) is 4.64. The van der Waals surface area contributed by atoms with E-state index in [0.29, 0.717) is 0 Å². The maximum absolute atomic E-state index is 12.4. The van der Waals surface area contributed by atoms with Crippen molar-refractivity contribution < 1.29 is 17.2 Å². The van der Waals surface area contributed by atoms with Crippen molar-refractivity contribution in [2.75, 3.05) is 13.1 Å². The molecule has 1 saturated carbocycles. The largest absolute Gasteiger partial charge is 0.350 e. The highest BCUT2D eigenvalue weighted by atomic mass is 32.2. The average Bonchev–Trinajstić information content (AvgIpc) is 2.63. The Morgan fingerprint density at radius 2 is 1.94 bits per heavy atom. The Labute approximate surface area is 93.8 Å². The Kier molecular flexibility index (Phi) is 3.20. The van der Waals surface area contributed by atoms with Crippen molar-refractivity contribution in [3.05, 3.63) is 0 Å². The van der Waals surface area contributed by atoms with Gasteiger partial charge in [-0.1, -0.05) is 6.42 Å². The van der Waals surface area contributed by atoms with Crippen LogP contribution < -0.4 is 5.73 Å². The first-order valence-electron chi connectivity index (χ1n) is 5.45. The lowest BCUT2D eigenvalue weighted by Gasteiger charge is -2.29. The van der Waals surface area contributed by atoms with Gasteiger partial charge in [0, 0.05) is 19.1 Å². The quantitative estimate of drug-likeness (QED) is 0.784. The molecule has 0 aromatic rings. The van der Waals surface area contributed by atoms with Crippen LogP contribution in [0, 0.1) is 11.8 Å². The van der Waals surface area contributed by atoms with Crippen LogP contribution in [0.1, 0.15) is 19.3 Å². The third-order valence-electron chi connectivity index (χ3n) is 3.71. The highest BCUT2D eigenvalue weighted by molar-refractivity contribution is 7.89. The summed E-state index contributed by atoms with van der Waals surface area (Å²) < 4.78 is 48.3. The van der Waals surface area contributed by atoms with E-state index in [-0.39, 0.29) is 31.0 Å². The van der Waals surface area contributed by atoms with Gasteiger partial charge in [0.05, 0.1) is 0 Å². The summed E-state index contributed by atoms with van der Waals surface area (Å²) in [6.45, 7) is 0.379. The molecule has 16 heavy (non-hydrogen) atoms. The lowest BCUT2D eigenvalue weighted by atomic mass is 9.78. The monoisotopic (exact) mass is 254 g/mol. The second-order valence-corrected chi connectivity index (χ2v) is 6.54. The number of sulfonamides is 1. The lowest BCUT2D eigenvalue weighted by Crippen LogP contribution is -2.39. The Balaban J connectivity index is 2.13. The zero-order valence-corrected chi connectivity index (χ0v) is 9.67. The SMILES string of the molecule is NC1CCCC2CN(S(=O)(=O)C(F)F)CC12. The molecule has 1 aliphatic heterocycles. The van der Waals surface area contributed by atoms with Crippen molar-refractivity contribution in [3.63, 3.8) is 0 Å².